The minimum Gasteiger partial charge on any atom is -0.480 e. The number of aliphatic carboxylic acids is 1. The van der Waals surface area contributed by atoms with Gasteiger partial charge in [0.15, 0.2) is 0 Å². The normalized spacial score (nSPS) is 15.1. The van der Waals surface area contributed by atoms with Gasteiger partial charge in [-0.3, -0.25) is 0 Å². The van der Waals surface area contributed by atoms with Crippen molar-refractivity contribution >= 4 is 12.1 Å². The van der Waals surface area contributed by atoms with E-state index in [1.807, 2.05) is 0 Å². The molecule has 2 aromatic rings. The largest absolute Gasteiger partial charge is 0.480 e. The number of halogens is 9. The summed E-state index contributed by atoms with van der Waals surface area (Å²) in [6.45, 7) is -0.519. The minimum atomic E-state index is -6.97. The first-order valence-corrected chi connectivity index (χ1v) is 10.1. The number of amides is 1. The van der Waals surface area contributed by atoms with Crippen molar-refractivity contribution in [2.24, 2.45) is 5.41 Å². The molecule has 0 bridgehead atoms. The van der Waals surface area contributed by atoms with Gasteiger partial charge in [0.2, 0.25) is 0 Å². The van der Waals surface area contributed by atoms with Crippen LogP contribution in [0.25, 0.3) is 11.1 Å². The number of carboxylic acid groups (broad SMARTS) is 1. The van der Waals surface area contributed by atoms with Crippen LogP contribution >= 0.6 is 0 Å². The van der Waals surface area contributed by atoms with Gasteiger partial charge in [-0.05, 0) is 22.3 Å². The summed E-state index contributed by atoms with van der Waals surface area (Å²) < 4.78 is 124. The summed E-state index contributed by atoms with van der Waals surface area (Å²) in [7, 11) is 0. The number of hydrogen-bond acceptors (Lipinski definition) is 3. The molecular formula is C22H16F9NO4. The lowest BCUT2D eigenvalue weighted by atomic mass is 9.79. The summed E-state index contributed by atoms with van der Waals surface area (Å²) in [5, 5.41) is 10.2. The molecule has 36 heavy (non-hydrogen) atoms. The van der Waals surface area contributed by atoms with E-state index in [4.69, 9.17) is 9.84 Å². The number of ether oxygens (including phenoxy) is 1. The van der Waals surface area contributed by atoms with E-state index >= 15 is 0 Å². The van der Waals surface area contributed by atoms with Crippen molar-refractivity contribution in [1.29, 1.82) is 0 Å². The Balaban J connectivity index is 1.82. The third-order valence-electron chi connectivity index (χ3n) is 5.90. The summed E-state index contributed by atoms with van der Waals surface area (Å²) in [6.07, 6.45) is -25.8. The average Bonchev–Trinajstić information content (AvgIpc) is 3.06. The molecule has 5 nitrogen and oxygen atoms in total. The van der Waals surface area contributed by atoms with Crippen LogP contribution in [-0.2, 0) is 9.53 Å². The highest BCUT2D eigenvalue weighted by molar-refractivity contribution is 5.81. The number of carbonyl (C=O) groups excluding carboxylic acids is 1. The molecule has 1 amide bonds. The maximum absolute atomic E-state index is 13.2. The molecule has 0 radical (unpaired) electrons. The molecule has 0 fully saturated rings. The second-order valence-electron chi connectivity index (χ2n) is 7.96. The monoisotopic (exact) mass is 529 g/mol. The summed E-state index contributed by atoms with van der Waals surface area (Å²) in [4.78, 5) is 23.4. The molecule has 0 unspecified atom stereocenters. The summed E-state index contributed by atoms with van der Waals surface area (Å²) in [6, 6.07) is 10.5. The zero-order valence-corrected chi connectivity index (χ0v) is 17.8. The molecule has 196 valence electrons. The van der Waals surface area contributed by atoms with Gasteiger partial charge in [0.1, 0.15) is 12.6 Å². The molecule has 0 spiro atoms. The Labute approximate surface area is 196 Å². The van der Waals surface area contributed by atoms with Gasteiger partial charge in [-0.25, -0.2) is 9.59 Å². The van der Waals surface area contributed by atoms with Gasteiger partial charge in [0, 0.05) is 12.3 Å². The Morgan fingerprint density at radius 1 is 0.806 bits per heavy atom. The molecule has 3 rings (SSSR count). The second kappa shape index (κ2) is 9.21. The van der Waals surface area contributed by atoms with Crippen molar-refractivity contribution < 1.29 is 58.9 Å². The molecule has 0 aromatic heterocycles. The first-order valence-electron chi connectivity index (χ1n) is 10.1. The molecule has 0 aliphatic heterocycles. The Morgan fingerprint density at radius 3 is 1.61 bits per heavy atom. The van der Waals surface area contributed by atoms with Crippen LogP contribution in [0.1, 0.15) is 23.5 Å². The van der Waals surface area contributed by atoms with E-state index in [2.05, 4.69) is 0 Å². The molecule has 0 heterocycles. The molecule has 2 aromatic carbocycles. The fourth-order valence-electron chi connectivity index (χ4n) is 4.12. The predicted molar refractivity (Wildman–Crippen MR) is 105 cm³/mol. The topological polar surface area (TPSA) is 75.6 Å². The average molecular weight is 529 g/mol. The van der Waals surface area contributed by atoms with Gasteiger partial charge in [-0.1, -0.05) is 48.5 Å². The lowest BCUT2D eigenvalue weighted by molar-refractivity contribution is -0.429. The highest BCUT2D eigenvalue weighted by atomic mass is 19.4. The number of alkyl halides is 9. The van der Waals surface area contributed by atoms with E-state index in [1.54, 1.807) is 48.5 Å². The van der Waals surface area contributed by atoms with Crippen LogP contribution in [0.3, 0.4) is 0 Å². The molecule has 1 aliphatic carbocycles. The Hall–Kier alpha value is -3.45. The first-order chi connectivity index (χ1) is 16.5. The van der Waals surface area contributed by atoms with Gasteiger partial charge in [-0.2, -0.15) is 39.5 Å². The van der Waals surface area contributed by atoms with E-state index in [1.165, 1.54) is 5.32 Å². The van der Waals surface area contributed by atoms with E-state index in [9.17, 15) is 49.1 Å². The number of alkyl carbamates (subject to hydrolysis) is 1. The number of rotatable bonds is 6. The molecule has 1 atom stereocenters. The molecule has 14 heteroatoms. The summed E-state index contributed by atoms with van der Waals surface area (Å²) >= 11 is 0. The fourth-order valence-corrected chi connectivity index (χ4v) is 4.12. The van der Waals surface area contributed by atoms with Gasteiger partial charge in [0.25, 0.3) is 5.41 Å². The quantitative estimate of drug-likeness (QED) is 0.448. The van der Waals surface area contributed by atoms with Gasteiger partial charge < -0.3 is 15.2 Å². The van der Waals surface area contributed by atoms with E-state index in [0.717, 1.165) is 11.1 Å². The zero-order valence-electron chi connectivity index (χ0n) is 17.8. The van der Waals surface area contributed by atoms with Gasteiger partial charge in [-0.15, -0.1) is 0 Å². The van der Waals surface area contributed by atoms with Crippen molar-refractivity contribution in [3.63, 3.8) is 0 Å². The molecular weight excluding hydrogens is 513 g/mol. The van der Waals surface area contributed by atoms with Crippen molar-refractivity contribution in [2.45, 2.75) is 36.9 Å². The first kappa shape index (κ1) is 27.1. The summed E-state index contributed by atoms with van der Waals surface area (Å²) in [5.41, 5.74) is -3.52. The highest BCUT2D eigenvalue weighted by Crippen LogP contribution is 2.61. The fraction of sp³-hybridized carbons (Fsp3) is 0.364. The number of benzene rings is 2. The third-order valence-corrected chi connectivity index (χ3v) is 5.90. The molecule has 1 aliphatic rings. The van der Waals surface area contributed by atoms with Crippen molar-refractivity contribution in [1.82, 2.24) is 5.32 Å². The van der Waals surface area contributed by atoms with Crippen LogP contribution in [0.15, 0.2) is 48.5 Å². The van der Waals surface area contributed by atoms with Crippen molar-refractivity contribution in [3.05, 3.63) is 59.7 Å². The second-order valence-corrected chi connectivity index (χ2v) is 7.96. The van der Waals surface area contributed by atoms with Crippen LogP contribution < -0.4 is 5.32 Å². The number of hydrogen-bond donors (Lipinski definition) is 2. The standard InChI is InChI=1S/C22H16F9NO4/c23-20(24,25)19(21(26,27)28,22(29,30)31)9-16(17(33)34)32-18(35)36-10-15-13-7-3-1-5-11(13)12-6-2-4-8-14(12)15/h1-8,15-16H,9-10H2,(H,32,35)(H,33,34)/t16-/m0/s1. The predicted octanol–water partition coefficient (Wildman–Crippen LogP) is 6.04. The number of carboxylic acids is 1. The van der Waals surface area contributed by atoms with Crippen LogP contribution in [0.5, 0.6) is 0 Å². The third kappa shape index (κ3) is 4.67. The van der Waals surface area contributed by atoms with Gasteiger partial charge >= 0.3 is 30.6 Å². The Bertz CT molecular complexity index is 1060. The van der Waals surface area contributed by atoms with Gasteiger partial charge in [0.05, 0.1) is 0 Å². The van der Waals surface area contributed by atoms with Crippen molar-refractivity contribution in [3.8, 4) is 11.1 Å². The van der Waals surface area contributed by atoms with Crippen LogP contribution in [0, 0.1) is 5.41 Å². The van der Waals surface area contributed by atoms with Crippen LogP contribution in [-0.4, -0.2) is 48.3 Å². The molecule has 0 saturated heterocycles. The maximum atomic E-state index is 13.2. The maximum Gasteiger partial charge on any atom is 0.412 e. The van der Waals surface area contributed by atoms with E-state index in [0.29, 0.717) is 11.1 Å². The smallest absolute Gasteiger partial charge is 0.412 e. The highest BCUT2D eigenvalue weighted by Gasteiger charge is 2.83. The number of nitrogens with one attached hydrogen (secondary N) is 1. The Morgan fingerprint density at radius 2 is 1.22 bits per heavy atom. The van der Waals surface area contributed by atoms with Crippen LogP contribution in [0.4, 0.5) is 44.3 Å². The minimum absolute atomic E-state index is 0.519. The summed E-state index contributed by atoms with van der Waals surface area (Å²) in [5.74, 6) is -3.17. The van der Waals surface area contributed by atoms with Crippen molar-refractivity contribution in [2.75, 3.05) is 6.61 Å². The van der Waals surface area contributed by atoms with Crippen LogP contribution in [0.2, 0.25) is 0 Å². The number of fused-ring (bicyclic) bond motifs is 3. The number of carbonyl (C=O) groups is 2. The molecule has 2 N–H and O–H groups in total. The lowest BCUT2D eigenvalue weighted by Gasteiger charge is -2.39. The SMILES string of the molecule is O=C(N[C@@H](CC(C(F)(F)F)(C(F)(F)F)C(F)(F)F)C(=O)O)OCC1c2ccccc2-c2ccccc21. The zero-order chi connectivity index (χ0) is 27.1. The lowest BCUT2D eigenvalue weighted by Crippen LogP contribution is -2.63. The Kier molecular flexibility index (Phi) is 6.94. The molecule has 0 saturated carbocycles. The van der Waals surface area contributed by atoms with E-state index < -0.39 is 61.0 Å². The van der Waals surface area contributed by atoms with E-state index in [-0.39, 0.29) is 0 Å².